The molecular weight excluding hydrogens is 157 g/mol. The zero-order valence-corrected chi connectivity index (χ0v) is 6.79. The lowest BCUT2D eigenvalue weighted by Gasteiger charge is -2.35. The van der Waals surface area contributed by atoms with Gasteiger partial charge in [-0.15, -0.1) is 0 Å². The monoisotopic (exact) mass is 169 g/mol. The molecule has 3 unspecified atom stereocenters. The summed E-state index contributed by atoms with van der Waals surface area (Å²) in [5.74, 6) is -0.0279. The molecule has 0 spiro atoms. The smallest absolute Gasteiger partial charge is 0.162 e. The number of alkyl halides is 1. The van der Waals surface area contributed by atoms with Gasteiger partial charge in [0.2, 0.25) is 0 Å². The second kappa shape index (κ2) is 2.88. The Morgan fingerprint density at radius 1 is 1.50 bits per heavy atom. The Morgan fingerprint density at radius 3 is 3.08 bits per heavy atom. The number of carbonyl (C=O) groups excluding carboxylic acids is 1. The summed E-state index contributed by atoms with van der Waals surface area (Å²) in [5.41, 5.74) is 0. The molecule has 0 aromatic rings. The molecule has 3 atom stereocenters. The van der Waals surface area contributed by atoms with Crippen molar-refractivity contribution in [2.24, 2.45) is 5.92 Å². The summed E-state index contributed by atoms with van der Waals surface area (Å²) in [4.78, 5) is 11.3. The van der Waals surface area contributed by atoms with E-state index in [4.69, 9.17) is 0 Å². The van der Waals surface area contributed by atoms with Crippen LogP contribution in [-0.4, -0.2) is 18.0 Å². The van der Waals surface area contributed by atoms with Gasteiger partial charge in [0, 0.05) is 12.1 Å². The summed E-state index contributed by atoms with van der Waals surface area (Å²) in [6, 6.07) is -0.253. The van der Waals surface area contributed by atoms with Gasteiger partial charge in [-0.2, -0.15) is 0 Å². The number of allylic oxidation sites excluding steroid dienone is 1. The molecule has 1 N–H and O–H groups in total. The lowest BCUT2D eigenvalue weighted by Crippen LogP contribution is -2.49. The number of ketones is 1. The Kier molecular flexibility index (Phi) is 1.87. The van der Waals surface area contributed by atoms with Gasteiger partial charge in [0.15, 0.2) is 5.78 Å². The topological polar surface area (TPSA) is 29.1 Å². The molecule has 12 heavy (non-hydrogen) atoms. The molecule has 0 amide bonds. The Bertz CT molecular complexity index is 227. The van der Waals surface area contributed by atoms with Crippen LogP contribution in [0.4, 0.5) is 4.39 Å². The minimum Gasteiger partial charge on any atom is -0.384 e. The van der Waals surface area contributed by atoms with Crippen LogP contribution in [0.25, 0.3) is 0 Å². The fraction of sp³-hybridized carbons (Fsp3) is 0.667. The number of hydrogen-bond donors (Lipinski definition) is 1. The molecule has 66 valence electrons. The largest absolute Gasteiger partial charge is 0.384 e. The summed E-state index contributed by atoms with van der Waals surface area (Å²) >= 11 is 0. The third-order valence-corrected chi connectivity index (χ3v) is 2.72. The van der Waals surface area contributed by atoms with Gasteiger partial charge in [-0.25, -0.2) is 4.39 Å². The molecule has 0 aromatic carbocycles. The van der Waals surface area contributed by atoms with Gasteiger partial charge in [0.05, 0.1) is 6.04 Å². The normalized spacial score (nSPS) is 40.4. The number of nitrogens with one attached hydrogen (secondary N) is 1. The molecule has 0 aromatic heterocycles. The van der Waals surface area contributed by atoms with Crippen molar-refractivity contribution in [3.63, 3.8) is 0 Å². The highest BCUT2D eigenvalue weighted by Crippen LogP contribution is 2.29. The Hall–Kier alpha value is -0.860. The molecule has 2 nitrogen and oxygen atoms in total. The number of carbonyl (C=O) groups is 1. The summed E-state index contributed by atoms with van der Waals surface area (Å²) < 4.78 is 13.2. The van der Waals surface area contributed by atoms with E-state index < -0.39 is 6.17 Å². The average Bonchev–Trinajstić information content (AvgIpc) is 2.07. The molecule has 1 heterocycles. The zero-order valence-electron chi connectivity index (χ0n) is 6.79. The van der Waals surface area contributed by atoms with Crippen LogP contribution in [0.2, 0.25) is 0 Å². The predicted octanol–water partition coefficient (Wildman–Crippen LogP) is 1.18. The molecular formula is C9H12FNO. The van der Waals surface area contributed by atoms with Crippen molar-refractivity contribution in [1.82, 2.24) is 5.32 Å². The lowest BCUT2D eigenvalue weighted by atomic mass is 9.79. The molecule has 1 fully saturated rings. The minimum absolute atomic E-state index is 0.0844. The summed E-state index contributed by atoms with van der Waals surface area (Å²) in [5, 5.41) is 2.92. The van der Waals surface area contributed by atoms with E-state index in [9.17, 15) is 9.18 Å². The van der Waals surface area contributed by atoms with Crippen LogP contribution in [0.15, 0.2) is 12.3 Å². The summed E-state index contributed by atoms with van der Waals surface area (Å²) in [6.45, 7) is 0. The third kappa shape index (κ3) is 1.13. The van der Waals surface area contributed by atoms with Crippen LogP contribution >= 0.6 is 0 Å². The second-order valence-corrected chi connectivity index (χ2v) is 3.48. The van der Waals surface area contributed by atoms with E-state index in [-0.39, 0.29) is 17.7 Å². The Labute approximate surface area is 70.8 Å². The summed E-state index contributed by atoms with van der Waals surface area (Å²) in [6.07, 6.45) is 4.50. The maximum atomic E-state index is 13.2. The van der Waals surface area contributed by atoms with Crippen LogP contribution in [0.1, 0.15) is 19.3 Å². The van der Waals surface area contributed by atoms with Gasteiger partial charge in [-0.1, -0.05) is 0 Å². The second-order valence-electron chi connectivity index (χ2n) is 3.48. The highest BCUT2D eigenvalue weighted by Gasteiger charge is 2.37. The van der Waals surface area contributed by atoms with E-state index in [1.165, 1.54) is 6.08 Å². The lowest BCUT2D eigenvalue weighted by molar-refractivity contribution is -0.121. The van der Waals surface area contributed by atoms with E-state index in [1.807, 2.05) is 0 Å². The number of fused-ring (bicyclic) bond motifs is 1. The molecule has 2 rings (SSSR count). The van der Waals surface area contributed by atoms with Gasteiger partial charge in [0.1, 0.15) is 6.17 Å². The first-order valence-electron chi connectivity index (χ1n) is 4.39. The quantitative estimate of drug-likeness (QED) is 0.590. The van der Waals surface area contributed by atoms with Crippen molar-refractivity contribution in [3.05, 3.63) is 12.3 Å². The van der Waals surface area contributed by atoms with E-state index in [1.54, 1.807) is 6.20 Å². The van der Waals surface area contributed by atoms with Crippen molar-refractivity contribution >= 4 is 5.78 Å². The first kappa shape index (κ1) is 7.77. The summed E-state index contributed by atoms with van der Waals surface area (Å²) in [7, 11) is 0. The van der Waals surface area contributed by atoms with Gasteiger partial charge in [-0.05, 0) is 25.3 Å². The first-order valence-corrected chi connectivity index (χ1v) is 4.39. The maximum Gasteiger partial charge on any atom is 0.162 e. The molecule has 3 heteroatoms. The highest BCUT2D eigenvalue weighted by molar-refractivity contribution is 5.93. The fourth-order valence-corrected chi connectivity index (χ4v) is 2.05. The zero-order chi connectivity index (χ0) is 8.55. The van der Waals surface area contributed by atoms with Crippen molar-refractivity contribution < 1.29 is 9.18 Å². The molecule has 1 aliphatic heterocycles. The van der Waals surface area contributed by atoms with Crippen molar-refractivity contribution in [1.29, 1.82) is 0 Å². The van der Waals surface area contributed by atoms with Gasteiger partial charge in [-0.3, -0.25) is 4.79 Å². The molecule has 0 bridgehead atoms. The number of halogens is 1. The maximum absolute atomic E-state index is 13.2. The van der Waals surface area contributed by atoms with Crippen molar-refractivity contribution in [3.8, 4) is 0 Å². The number of rotatable bonds is 0. The molecule has 2 aliphatic rings. The first-order chi connectivity index (χ1) is 5.79. The average molecular weight is 169 g/mol. The third-order valence-electron chi connectivity index (χ3n) is 2.72. The Balaban J connectivity index is 2.18. The molecule has 0 radical (unpaired) electrons. The van der Waals surface area contributed by atoms with Crippen LogP contribution < -0.4 is 5.32 Å². The van der Waals surface area contributed by atoms with Crippen LogP contribution in [0, 0.1) is 5.92 Å². The van der Waals surface area contributed by atoms with Crippen LogP contribution in [-0.2, 0) is 4.79 Å². The van der Waals surface area contributed by atoms with E-state index in [0.29, 0.717) is 6.42 Å². The number of hydrogen-bond acceptors (Lipinski definition) is 2. The highest BCUT2D eigenvalue weighted by atomic mass is 19.1. The van der Waals surface area contributed by atoms with Gasteiger partial charge < -0.3 is 5.32 Å². The van der Waals surface area contributed by atoms with Crippen LogP contribution in [0.5, 0.6) is 0 Å². The predicted molar refractivity (Wildman–Crippen MR) is 43.3 cm³/mol. The van der Waals surface area contributed by atoms with Crippen molar-refractivity contribution in [2.75, 3.05) is 0 Å². The Morgan fingerprint density at radius 2 is 2.33 bits per heavy atom. The minimum atomic E-state index is -0.849. The van der Waals surface area contributed by atoms with Gasteiger partial charge in [0.25, 0.3) is 0 Å². The van der Waals surface area contributed by atoms with Gasteiger partial charge >= 0.3 is 0 Å². The molecule has 0 saturated heterocycles. The van der Waals surface area contributed by atoms with E-state index >= 15 is 0 Å². The van der Waals surface area contributed by atoms with E-state index in [2.05, 4.69) is 5.32 Å². The van der Waals surface area contributed by atoms with Crippen molar-refractivity contribution in [2.45, 2.75) is 31.5 Å². The molecule has 1 saturated carbocycles. The van der Waals surface area contributed by atoms with Crippen LogP contribution in [0.3, 0.4) is 0 Å². The molecule has 1 aliphatic carbocycles. The standard InChI is InChI=1S/C9H12FNO/c10-7-3-1-2-6-8(12)4-5-11-9(6)7/h4-7,9,11H,1-3H2. The SMILES string of the molecule is O=C1C=CNC2C(F)CCCC12. The van der Waals surface area contributed by atoms with E-state index in [0.717, 1.165) is 12.8 Å². The fourth-order valence-electron chi connectivity index (χ4n) is 2.05.